The van der Waals surface area contributed by atoms with Crippen LogP contribution in [-0.2, 0) is 0 Å². The first kappa shape index (κ1) is 14.8. The van der Waals surface area contributed by atoms with Crippen LogP contribution in [0.25, 0.3) is 0 Å². The maximum absolute atomic E-state index is 11.8. The summed E-state index contributed by atoms with van der Waals surface area (Å²) in [6.07, 6.45) is 0. The summed E-state index contributed by atoms with van der Waals surface area (Å²) in [6, 6.07) is 12.8. The van der Waals surface area contributed by atoms with Crippen molar-refractivity contribution < 1.29 is 4.79 Å². The lowest BCUT2D eigenvalue weighted by molar-refractivity contribution is 0.0955. The van der Waals surface area contributed by atoms with E-state index in [-0.39, 0.29) is 5.91 Å². The fraction of sp³-hybridized carbons (Fsp3) is 0.133. The monoisotopic (exact) mass is 306 g/mol. The van der Waals surface area contributed by atoms with Gasteiger partial charge in [0.15, 0.2) is 0 Å². The van der Waals surface area contributed by atoms with Crippen LogP contribution in [0.5, 0.6) is 0 Å². The molecule has 0 saturated carbocycles. The van der Waals surface area contributed by atoms with Crippen molar-refractivity contribution >= 4 is 35.0 Å². The van der Waals surface area contributed by atoms with Gasteiger partial charge in [-0.1, -0.05) is 29.4 Å². The summed E-state index contributed by atoms with van der Waals surface area (Å²) >= 11 is 7.45. The van der Waals surface area contributed by atoms with Crippen LogP contribution in [0.1, 0.15) is 17.3 Å². The highest BCUT2D eigenvalue weighted by atomic mass is 35.5. The molecule has 2 aromatic carbocycles. The first-order valence-electron chi connectivity index (χ1n) is 6.21. The van der Waals surface area contributed by atoms with E-state index in [1.807, 2.05) is 31.2 Å². The molecule has 3 nitrogen and oxygen atoms in total. The van der Waals surface area contributed by atoms with Crippen LogP contribution in [-0.4, -0.2) is 12.5 Å². The molecule has 2 rings (SSSR count). The van der Waals surface area contributed by atoms with E-state index >= 15 is 0 Å². The zero-order valence-electron chi connectivity index (χ0n) is 11.0. The number of hydrogen-bond donors (Lipinski definition) is 2. The van der Waals surface area contributed by atoms with Gasteiger partial charge in [-0.15, -0.1) is 0 Å². The van der Waals surface area contributed by atoms with Gasteiger partial charge < -0.3 is 11.1 Å². The number of carbonyl (C=O) groups excluding carboxylic acids is 1. The summed E-state index contributed by atoms with van der Waals surface area (Å²) in [7, 11) is 0. The third kappa shape index (κ3) is 3.68. The van der Waals surface area contributed by atoms with Gasteiger partial charge in [0.2, 0.25) is 0 Å². The lowest BCUT2D eigenvalue weighted by atomic mass is 10.2. The predicted octanol–water partition coefficient (Wildman–Crippen LogP) is 3.82. The van der Waals surface area contributed by atoms with Crippen LogP contribution in [0.2, 0.25) is 5.02 Å². The quantitative estimate of drug-likeness (QED) is 0.844. The molecule has 0 atom stereocenters. The smallest absolute Gasteiger partial charge is 0.251 e. The molecule has 0 bridgehead atoms. The summed E-state index contributed by atoms with van der Waals surface area (Å²) in [4.78, 5) is 13.7. The Morgan fingerprint density at radius 3 is 2.80 bits per heavy atom. The summed E-state index contributed by atoms with van der Waals surface area (Å²) in [6.45, 7) is 2.48. The Morgan fingerprint density at radius 1 is 1.30 bits per heavy atom. The van der Waals surface area contributed by atoms with Crippen molar-refractivity contribution in [2.45, 2.75) is 16.7 Å². The Balaban J connectivity index is 2.27. The number of benzene rings is 2. The molecule has 0 heterocycles. The highest BCUT2D eigenvalue weighted by Crippen LogP contribution is 2.33. The van der Waals surface area contributed by atoms with E-state index in [9.17, 15) is 4.79 Å². The first-order valence-corrected chi connectivity index (χ1v) is 7.40. The van der Waals surface area contributed by atoms with Gasteiger partial charge in [-0.05, 0) is 43.3 Å². The van der Waals surface area contributed by atoms with Gasteiger partial charge in [0.25, 0.3) is 5.91 Å². The fourth-order valence-electron chi connectivity index (χ4n) is 1.68. The number of amides is 1. The van der Waals surface area contributed by atoms with E-state index in [1.165, 1.54) is 11.8 Å². The van der Waals surface area contributed by atoms with Crippen molar-refractivity contribution in [1.29, 1.82) is 0 Å². The molecule has 0 aromatic heterocycles. The van der Waals surface area contributed by atoms with Gasteiger partial charge >= 0.3 is 0 Å². The fourth-order valence-corrected chi connectivity index (χ4v) is 2.90. The van der Waals surface area contributed by atoms with Crippen molar-refractivity contribution in [2.75, 3.05) is 12.3 Å². The highest BCUT2D eigenvalue weighted by Gasteiger charge is 2.09. The number of anilines is 1. The van der Waals surface area contributed by atoms with Crippen molar-refractivity contribution in [3.63, 3.8) is 0 Å². The highest BCUT2D eigenvalue weighted by molar-refractivity contribution is 7.99. The van der Waals surface area contributed by atoms with Gasteiger partial charge in [0.05, 0.1) is 0 Å². The van der Waals surface area contributed by atoms with Gasteiger partial charge in [0, 0.05) is 32.6 Å². The molecular formula is C15H15ClN2OS. The van der Waals surface area contributed by atoms with Crippen LogP contribution in [0, 0.1) is 0 Å². The summed E-state index contributed by atoms with van der Waals surface area (Å²) < 4.78 is 0. The molecule has 104 valence electrons. The standard InChI is InChI=1S/C15H15ClN2OS/c1-2-18-15(19)10-6-7-13(17)14(8-10)20-12-5-3-4-11(16)9-12/h3-9H,2,17H2,1H3,(H,18,19). The normalized spacial score (nSPS) is 10.3. The number of nitrogens with two attached hydrogens (primary N) is 1. The third-order valence-electron chi connectivity index (χ3n) is 2.64. The van der Waals surface area contributed by atoms with Gasteiger partial charge in [-0.25, -0.2) is 0 Å². The first-order chi connectivity index (χ1) is 9.60. The van der Waals surface area contributed by atoms with Crippen molar-refractivity contribution in [3.8, 4) is 0 Å². The minimum Gasteiger partial charge on any atom is -0.398 e. The zero-order chi connectivity index (χ0) is 14.5. The summed E-state index contributed by atoms with van der Waals surface area (Å²) in [5.41, 5.74) is 7.21. The molecule has 0 aliphatic rings. The Hall–Kier alpha value is -1.65. The Morgan fingerprint density at radius 2 is 2.10 bits per heavy atom. The van der Waals surface area contributed by atoms with E-state index in [1.54, 1.807) is 18.2 Å². The van der Waals surface area contributed by atoms with Crippen LogP contribution in [0.15, 0.2) is 52.3 Å². The van der Waals surface area contributed by atoms with E-state index < -0.39 is 0 Å². The largest absolute Gasteiger partial charge is 0.398 e. The van der Waals surface area contributed by atoms with Gasteiger partial charge in [-0.3, -0.25) is 4.79 Å². The number of hydrogen-bond acceptors (Lipinski definition) is 3. The molecular weight excluding hydrogens is 292 g/mol. The molecule has 0 aliphatic carbocycles. The van der Waals surface area contributed by atoms with E-state index in [2.05, 4.69) is 5.32 Å². The van der Waals surface area contributed by atoms with Crippen LogP contribution < -0.4 is 11.1 Å². The molecule has 0 fully saturated rings. The average molecular weight is 307 g/mol. The number of rotatable bonds is 4. The SMILES string of the molecule is CCNC(=O)c1ccc(N)c(Sc2cccc(Cl)c2)c1. The molecule has 0 aliphatic heterocycles. The second kappa shape index (κ2) is 6.68. The Labute approximate surface area is 127 Å². The van der Waals surface area contributed by atoms with Crippen molar-refractivity contribution in [3.05, 3.63) is 53.1 Å². The lowest BCUT2D eigenvalue weighted by Crippen LogP contribution is -2.22. The number of halogens is 1. The molecule has 1 amide bonds. The molecule has 0 saturated heterocycles. The van der Waals surface area contributed by atoms with E-state index in [4.69, 9.17) is 17.3 Å². The van der Waals surface area contributed by atoms with Crippen LogP contribution >= 0.6 is 23.4 Å². The minimum absolute atomic E-state index is 0.0968. The predicted molar refractivity (Wildman–Crippen MR) is 84.4 cm³/mol. The zero-order valence-corrected chi connectivity index (χ0v) is 12.6. The number of nitrogens with one attached hydrogen (secondary N) is 1. The molecule has 0 spiro atoms. The second-order valence-electron chi connectivity index (χ2n) is 4.17. The summed E-state index contributed by atoms with van der Waals surface area (Å²) in [5, 5.41) is 3.45. The topological polar surface area (TPSA) is 55.1 Å². The lowest BCUT2D eigenvalue weighted by Gasteiger charge is -2.08. The third-order valence-corrected chi connectivity index (χ3v) is 3.94. The molecule has 2 aromatic rings. The minimum atomic E-state index is -0.0968. The Bertz CT molecular complexity index is 631. The molecule has 0 radical (unpaired) electrons. The maximum atomic E-state index is 11.8. The Kier molecular flexibility index (Phi) is 4.93. The van der Waals surface area contributed by atoms with E-state index in [0.717, 1.165) is 9.79 Å². The molecule has 20 heavy (non-hydrogen) atoms. The van der Waals surface area contributed by atoms with Crippen LogP contribution in [0.4, 0.5) is 5.69 Å². The van der Waals surface area contributed by atoms with Gasteiger partial charge in [0.1, 0.15) is 0 Å². The van der Waals surface area contributed by atoms with E-state index in [0.29, 0.717) is 22.8 Å². The number of carbonyl (C=O) groups is 1. The molecule has 3 N–H and O–H groups in total. The molecule has 5 heteroatoms. The average Bonchev–Trinajstić information content (AvgIpc) is 2.41. The second-order valence-corrected chi connectivity index (χ2v) is 5.72. The maximum Gasteiger partial charge on any atom is 0.251 e. The van der Waals surface area contributed by atoms with Crippen molar-refractivity contribution in [2.24, 2.45) is 0 Å². The van der Waals surface area contributed by atoms with Crippen LogP contribution in [0.3, 0.4) is 0 Å². The summed E-state index contributed by atoms with van der Waals surface area (Å²) in [5.74, 6) is -0.0968. The van der Waals surface area contributed by atoms with Gasteiger partial charge in [-0.2, -0.15) is 0 Å². The van der Waals surface area contributed by atoms with Crippen molar-refractivity contribution in [1.82, 2.24) is 5.32 Å². The molecule has 0 unspecified atom stereocenters. The number of nitrogen functional groups attached to an aromatic ring is 1.